The largest absolute Gasteiger partial charge is 0.494 e. The van der Waals surface area contributed by atoms with E-state index in [1.807, 2.05) is 35.9 Å². The molecule has 0 radical (unpaired) electrons. The van der Waals surface area contributed by atoms with Crippen molar-refractivity contribution in [2.75, 3.05) is 6.61 Å². The van der Waals surface area contributed by atoms with Gasteiger partial charge in [0.05, 0.1) is 6.61 Å². The summed E-state index contributed by atoms with van der Waals surface area (Å²) < 4.78 is 5.97. The monoisotopic (exact) mass is 548 g/mol. The van der Waals surface area contributed by atoms with Gasteiger partial charge in [-0.05, 0) is 55.7 Å². The molecule has 3 rings (SSSR count). The molecular formula is C35H52N2OS. The summed E-state index contributed by atoms with van der Waals surface area (Å²) in [6.07, 6.45) is 28.1. The molecule has 0 aliphatic rings. The lowest BCUT2D eigenvalue weighted by molar-refractivity contribution is 0.304. The Bertz CT molecular complexity index is 996. The second-order valence-corrected chi connectivity index (χ2v) is 12.2. The Morgan fingerprint density at radius 2 is 1.10 bits per heavy atom. The topological polar surface area (TPSA) is 35.0 Å². The van der Waals surface area contributed by atoms with Gasteiger partial charge in [-0.2, -0.15) is 0 Å². The van der Waals surface area contributed by atoms with Crippen LogP contribution in [0.15, 0.2) is 48.8 Å². The third kappa shape index (κ3) is 12.7. The average molecular weight is 549 g/mol. The summed E-state index contributed by atoms with van der Waals surface area (Å²) in [4.78, 5) is 12.1. The molecule has 0 N–H and O–H groups in total. The van der Waals surface area contributed by atoms with Gasteiger partial charge in [-0.1, -0.05) is 110 Å². The Morgan fingerprint density at radius 1 is 0.564 bits per heavy atom. The number of thiophene rings is 1. The van der Waals surface area contributed by atoms with Gasteiger partial charge in [0, 0.05) is 33.3 Å². The van der Waals surface area contributed by atoms with Gasteiger partial charge in [-0.15, -0.1) is 11.3 Å². The molecule has 0 saturated carbocycles. The van der Waals surface area contributed by atoms with E-state index in [0.717, 1.165) is 35.7 Å². The van der Waals surface area contributed by atoms with Crippen molar-refractivity contribution in [2.45, 2.75) is 129 Å². The Labute approximate surface area is 242 Å². The van der Waals surface area contributed by atoms with Crippen LogP contribution in [0.4, 0.5) is 0 Å². The molecule has 0 spiro atoms. The summed E-state index contributed by atoms with van der Waals surface area (Å²) in [5.74, 6) is 1.69. The fraction of sp³-hybridized carbons (Fsp3) is 0.600. The van der Waals surface area contributed by atoms with Gasteiger partial charge < -0.3 is 4.74 Å². The first-order valence-corrected chi connectivity index (χ1v) is 16.8. The molecule has 0 saturated heterocycles. The highest BCUT2D eigenvalue weighted by Crippen LogP contribution is 2.29. The Kier molecular flexibility index (Phi) is 15.9. The first-order chi connectivity index (χ1) is 19.3. The number of nitrogens with zero attached hydrogens (tertiary/aromatic N) is 2. The molecule has 0 amide bonds. The molecule has 2 aromatic heterocycles. The van der Waals surface area contributed by atoms with E-state index in [1.54, 1.807) is 0 Å². The quantitative estimate of drug-likeness (QED) is 0.117. The molecule has 1 aromatic carbocycles. The van der Waals surface area contributed by atoms with Crippen molar-refractivity contribution in [2.24, 2.45) is 0 Å². The van der Waals surface area contributed by atoms with Crippen LogP contribution in [-0.2, 0) is 6.42 Å². The lowest BCUT2D eigenvalue weighted by atomic mass is 10.1. The van der Waals surface area contributed by atoms with Crippen LogP contribution >= 0.6 is 11.3 Å². The fourth-order valence-electron chi connectivity index (χ4n) is 5.01. The lowest BCUT2D eigenvalue weighted by Crippen LogP contribution is -1.97. The zero-order valence-electron chi connectivity index (χ0n) is 24.8. The summed E-state index contributed by atoms with van der Waals surface area (Å²) in [5.41, 5.74) is 2.13. The van der Waals surface area contributed by atoms with Crippen LogP contribution in [0.3, 0.4) is 0 Å². The molecule has 0 unspecified atom stereocenters. The zero-order chi connectivity index (χ0) is 27.4. The van der Waals surface area contributed by atoms with Crippen molar-refractivity contribution in [3.8, 4) is 27.6 Å². The number of rotatable bonds is 22. The van der Waals surface area contributed by atoms with Gasteiger partial charge in [0.1, 0.15) is 5.75 Å². The minimum absolute atomic E-state index is 0.764. The molecule has 3 aromatic rings. The standard InChI is InChI=1S/C35H52N2OS/c1-3-5-7-9-11-12-13-15-17-19-27-38-32-23-21-30(22-24-32)35-36-28-31(29-37-35)34-26-25-33(39-34)20-18-16-14-10-8-6-4-2/h21-26,28-29H,3-20,27H2,1-2H3. The van der Waals surface area contributed by atoms with Crippen LogP contribution < -0.4 is 4.74 Å². The summed E-state index contributed by atoms with van der Waals surface area (Å²) in [7, 11) is 0. The molecule has 214 valence electrons. The summed E-state index contributed by atoms with van der Waals surface area (Å²) in [6.45, 7) is 5.35. The molecule has 0 bridgehead atoms. The maximum Gasteiger partial charge on any atom is 0.159 e. The number of aryl methyl sites for hydroxylation is 1. The second-order valence-electron chi connectivity index (χ2n) is 11.0. The van der Waals surface area contributed by atoms with Crippen LogP contribution in [0.2, 0.25) is 0 Å². The van der Waals surface area contributed by atoms with Crippen LogP contribution in [0.5, 0.6) is 5.75 Å². The number of hydrogen-bond acceptors (Lipinski definition) is 4. The van der Waals surface area contributed by atoms with Crippen LogP contribution in [0.1, 0.15) is 128 Å². The highest BCUT2D eigenvalue weighted by Gasteiger charge is 2.07. The number of unbranched alkanes of at least 4 members (excludes halogenated alkanes) is 15. The normalized spacial score (nSPS) is 11.2. The van der Waals surface area contributed by atoms with E-state index in [-0.39, 0.29) is 0 Å². The summed E-state index contributed by atoms with van der Waals surface area (Å²) >= 11 is 1.88. The maximum atomic E-state index is 5.97. The third-order valence-electron chi connectivity index (χ3n) is 7.50. The van der Waals surface area contributed by atoms with E-state index in [0.29, 0.717) is 0 Å². The SMILES string of the molecule is CCCCCCCCCCCCOc1ccc(-c2ncc(-c3ccc(CCCCCCCCC)s3)cn2)cc1. The van der Waals surface area contributed by atoms with E-state index in [4.69, 9.17) is 4.74 Å². The minimum atomic E-state index is 0.764. The Balaban J connectivity index is 1.32. The summed E-state index contributed by atoms with van der Waals surface area (Å²) in [6, 6.07) is 12.7. The molecule has 0 aliphatic heterocycles. The molecule has 3 nitrogen and oxygen atoms in total. The van der Waals surface area contributed by atoms with Crippen molar-refractivity contribution < 1.29 is 4.74 Å². The van der Waals surface area contributed by atoms with E-state index < -0.39 is 0 Å². The number of aromatic nitrogens is 2. The fourth-order valence-corrected chi connectivity index (χ4v) is 6.03. The Hall–Kier alpha value is -2.20. The van der Waals surface area contributed by atoms with Crippen molar-refractivity contribution in [1.29, 1.82) is 0 Å². The maximum absolute atomic E-state index is 5.97. The zero-order valence-corrected chi connectivity index (χ0v) is 25.6. The van der Waals surface area contributed by atoms with Crippen molar-refractivity contribution in [3.63, 3.8) is 0 Å². The first kappa shape index (κ1) is 31.3. The van der Waals surface area contributed by atoms with Crippen LogP contribution in [0, 0.1) is 0 Å². The predicted octanol–water partition coefficient (Wildman–Crippen LogP) is 11.5. The number of benzene rings is 1. The predicted molar refractivity (Wildman–Crippen MR) is 170 cm³/mol. The van der Waals surface area contributed by atoms with Crippen molar-refractivity contribution >= 4 is 11.3 Å². The highest BCUT2D eigenvalue weighted by molar-refractivity contribution is 7.15. The lowest BCUT2D eigenvalue weighted by Gasteiger charge is -2.07. The smallest absolute Gasteiger partial charge is 0.159 e. The highest BCUT2D eigenvalue weighted by atomic mass is 32.1. The first-order valence-electron chi connectivity index (χ1n) is 15.9. The number of ether oxygens (including phenoxy) is 1. The van der Waals surface area contributed by atoms with E-state index in [1.165, 1.54) is 119 Å². The molecule has 0 fully saturated rings. The minimum Gasteiger partial charge on any atom is -0.494 e. The van der Waals surface area contributed by atoms with Crippen molar-refractivity contribution in [1.82, 2.24) is 9.97 Å². The van der Waals surface area contributed by atoms with Gasteiger partial charge in [-0.25, -0.2) is 9.97 Å². The number of hydrogen-bond donors (Lipinski definition) is 0. The average Bonchev–Trinajstić information content (AvgIpc) is 3.45. The van der Waals surface area contributed by atoms with E-state index in [9.17, 15) is 0 Å². The molecule has 0 atom stereocenters. The van der Waals surface area contributed by atoms with Gasteiger partial charge in [0.25, 0.3) is 0 Å². The summed E-state index contributed by atoms with van der Waals surface area (Å²) in [5, 5.41) is 0. The van der Waals surface area contributed by atoms with E-state index >= 15 is 0 Å². The molecule has 2 heterocycles. The van der Waals surface area contributed by atoms with Crippen LogP contribution in [-0.4, -0.2) is 16.6 Å². The molecular weight excluding hydrogens is 496 g/mol. The van der Waals surface area contributed by atoms with E-state index in [2.05, 4.69) is 48.1 Å². The Morgan fingerprint density at radius 3 is 1.69 bits per heavy atom. The molecule has 39 heavy (non-hydrogen) atoms. The van der Waals surface area contributed by atoms with Gasteiger partial charge in [-0.3, -0.25) is 0 Å². The van der Waals surface area contributed by atoms with Gasteiger partial charge in [0.2, 0.25) is 0 Å². The van der Waals surface area contributed by atoms with Gasteiger partial charge >= 0.3 is 0 Å². The van der Waals surface area contributed by atoms with Crippen LogP contribution in [0.25, 0.3) is 21.8 Å². The second kappa shape index (κ2) is 19.8. The third-order valence-corrected chi connectivity index (χ3v) is 8.70. The molecule has 0 aliphatic carbocycles. The molecule has 4 heteroatoms. The van der Waals surface area contributed by atoms with Gasteiger partial charge in [0.15, 0.2) is 5.82 Å². The van der Waals surface area contributed by atoms with Crippen molar-refractivity contribution in [3.05, 3.63) is 53.7 Å².